The fourth-order valence-electron chi connectivity index (χ4n) is 6.01. The lowest BCUT2D eigenvalue weighted by atomic mass is 9.75. The molecule has 6 nitrogen and oxygen atoms in total. The molecule has 1 saturated heterocycles. The van der Waals surface area contributed by atoms with Gasteiger partial charge in [0, 0.05) is 41.4 Å². The van der Waals surface area contributed by atoms with Crippen LogP contribution in [0, 0.1) is 22.7 Å². The Hall–Kier alpha value is -3.26. The van der Waals surface area contributed by atoms with Gasteiger partial charge in [-0.25, -0.2) is 0 Å². The molecule has 0 saturated carbocycles. The van der Waals surface area contributed by atoms with Crippen molar-refractivity contribution in [2.75, 3.05) is 22.9 Å². The number of hydrogen-bond donors (Lipinski definition) is 1. The molecule has 5 aliphatic rings. The third kappa shape index (κ3) is 2.94. The van der Waals surface area contributed by atoms with Crippen molar-refractivity contribution in [3.8, 4) is 12.1 Å². The van der Waals surface area contributed by atoms with Gasteiger partial charge < -0.3 is 10.6 Å². The molecular weight excluding hydrogens is 466 g/mol. The summed E-state index contributed by atoms with van der Waals surface area (Å²) >= 11 is 7.85. The lowest BCUT2D eigenvalue weighted by molar-refractivity contribution is -0.116. The van der Waals surface area contributed by atoms with Crippen molar-refractivity contribution in [1.29, 1.82) is 10.5 Å². The molecule has 2 N–H and O–H groups in total. The van der Waals surface area contributed by atoms with E-state index in [9.17, 15) is 15.3 Å². The van der Waals surface area contributed by atoms with E-state index in [2.05, 4.69) is 17.0 Å². The molecule has 1 fully saturated rings. The van der Waals surface area contributed by atoms with Gasteiger partial charge in [0.1, 0.15) is 16.9 Å². The molecule has 1 atom stereocenters. The number of halogens is 1. The van der Waals surface area contributed by atoms with Crippen LogP contribution in [-0.4, -0.2) is 18.9 Å². The number of nitrogens with two attached hydrogens (primary N) is 1. The van der Waals surface area contributed by atoms with Gasteiger partial charge in [-0.3, -0.25) is 9.69 Å². The molecule has 1 aliphatic carbocycles. The maximum absolute atomic E-state index is 13.3. The molecule has 8 heteroatoms. The first-order valence-corrected chi connectivity index (χ1v) is 12.8. The monoisotopic (exact) mass is 487 g/mol. The highest BCUT2D eigenvalue weighted by atomic mass is 35.5. The second-order valence-corrected chi connectivity index (χ2v) is 10.7. The Balaban J connectivity index is 1.60. The first-order valence-electron chi connectivity index (χ1n) is 11.6. The van der Waals surface area contributed by atoms with Crippen LogP contribution < -0.4 is 15.5 Å². The first kappa shape index (κ1) is 21.3. The summed E-state index contributed by atoms with van der Waals surface area (Å²) in [5, 5.41) is 22.9. The maximum atomic E-state index is 13.3. The second-order valence-electron chi connectivity index (χ2n) is 9.25. The van der Waals surface area contributed by atoms with Crippen molar-refractivity contribution in [2.45, 2.75) is 43.9 Å². The maximum Gasteiger partial charge on any atom is 0.161 e. The van der Waals surface area contributed by atoms with Crippen LogP contribution in [0.3, 0.4) is 0 Å². The summed E-state index contributed by atoms with van der Waals surface area (Å²) in [7, 11) is 0. The zero-order valence-corrected chi connectivity index (χ0v) is 20.0. The number of hydrogen-bond acceptors (Lipinski definition) is 7. The number of rotatable bonds is 2. The SMILES string of the molecule is N#CC1=C(N)N(c2sc3c(c2C#N)C2CCN3CC2)C2=C(C(=O)CCC2)C1c1cccc(Cl)c1. The van der Waals surface area contributed by atoms with Gasteiger partial charge in [-0.1, -0.05) is 35.1 Å². The Morgan fingerprint density at radius 3 is 2.62 bits per heavy atom. The van der Waals surface area contributed by atoms with Crippen LogP contribution in [0.25, 0.3) is 0 Å². The van der Waals surface area contributed by atoms with Crippen LogP contribution >= 0.6 is 22.9 Å². The van der Waals surface area contributed by atoms with E-state index in [1.807, 2.05) is 17.0 Å². The predicted molar refractivity (Wildman–Crippen MR) is 133 cm³/mol. The number of piperidine rings is 1. The number of anilines is 2. The Kier molecular flexibility index (Phi) is 4.95. The number of Topliss-reactive ketones (excluding diaryl/α,β-unsaturated/α-hetero) is 1. The lowest BCUT2D eigenvalue weighted by Crippen LogP contribution is -2.38. The number of fused-ring (bicyclic) bond motifs is 2. The summed E-state index contributed by atoms with van der Waals surface area (Å²) in [6, 6.07) is 12.0. The van der Waals surface area contributed by atoms with E-state index in [0.29, 0.717) is 52.7 Å². The molecule has 7 rings (SSSR count). The normalized spacial score (nSPS) is 22.0. The summed E-state index contributed by atoms with van der Waals surface area (Å²) in [5.74, 6) is 0.159. The van der Waals surface area contributed by atoms with Crippen molar-refractivity contribution in [3.63, 3.8) is 0 Å². The molecule has 0 radical (unpaired) electrons. The summed E-state index contributed by atoms with van der Waals surface area (Å²) < 4.78 is 0. The predicted octanol–water partition coefficient (Wildman–Crippen LogP) is 5.28. The topological polar surface area (TPSA) is 97.2 Å². The minimum Gasteiger partial charge on any atom is -0.384 e. The molecule has 2 aromatic rings. The third-order valence-electron chi connectivity index (χ3n) is 7.51. The van der Waals surface area contributed by atoms with E-state index < -0.39 is 5.92 Å². The van der Waals surface area contributed by atoms with E-state index in [1.165, 1.54) is 0 Å². The van der Waals surface area contributed by atoms with Gasteiger partial charge >= 0.3 is 0 Å². The molecule has 1 aromatic heterocycles. The van der Waals surface area contributed by atoms with Gasteiger partial charge in [-0.2, -0.15) is 10.5 Å². The molecule has 170 valence electrons. The largest absolute Gasteiger partial charge is 0.384 e. The summed E-state index contributed by atoms with van der Waals surface area (Å²) in [6.07, 6.45) is 3.92. The van der Waals surface area contributed by atoms with Crippen LogP contribution in [0.4, 0.5) is 10.0 Å². The molecule has 0 amide bonds. The van der Waals surface area contributed by atoms with E-state index >= 15 is 0 Å². The van der Waals surface area contributed by atoms with Gasteiger partial charge in [0.25, 0.3) is 0 Å². The smallest absolute Gasteiger partial charge is 0.161 e. The molecule has 34 heavy (non-hydrogen) atoms. The number of thiophene rings is 1. The lowest BCUT2D eigenvalue weighted by Gasteiger charge is -2.39. The Bertz CT molecular complexity index is 1380. The van der Waals surface area contributed by atoms with Crippen LogP contribution in [0.1, 0.15) is 60.6 Å². The number of carbonyl (C=O) groups excluding carboxylic acids is 1. The fourth-order valence-corrected chi connectivity index (χ4v) is 7.64. The van der Waals surface area contributed by atoms with Crippen molar-refractivity contribution in [2.24, 2.45) is 5.73 Å². The minimum atomic E-state index is -0.553. The average Bonchev–Trinajstić information content (AvgIpc) is 3.25. The zero-order valence-electron chi connectivity index (χ0n) is 18.5. The third-order valence-corrected chi connectivity index (χ3v) is 8.99. The van der Waals surface area contributed by atoms with Crippen LogP contribution in [0.2, 0.25) is 5.02 Å². The number of nitriles is 2. The Morgan fingerprint density at radius 1 is 1.12 bits per heavy atom. The second kappa shape index (κ2) is 7.91. The molecule has 4 aliphatic heterocycles. The van der Waals surface area contributed by atoms with Crippen molar-refractivity contribution >= 4 is 38.7 Å². The van der Waals surface area contributed by atoms with Gasteiger partial charge in [-0.05, 0) is 49.3 Å². The van der Waals surface area contributed by atoms with Gasteiger partial charge in [0.15, 0.2) is 5.78 Å². The number of nitrogens with zero attached hydrogens (tertiary/aromatic N) is 4. The Morgan fingerprint density at radius 2 is 1.91 bits per heavy atom. The van der Waals surface area contributed by atoms with E-state index in [-0.39, 0.29) is 5.78 Å². The highest BCUT2D eigenvalue weighted by Gasteiger charge is 2.44. The Labute approximate surface area is 207 Å². The van der Waals surface area contributed by atoms with E-state index in [0.717, 1.165) is 52.8 Å². The summed E-state index contributed by atoms with van der Waals surface area (Å²) in [6.45, 7) is 2.00. The molecule has 5 heterocycles. The number of ketones is 1. The van der Waals surface area contributed by atoms with Crippen molar-refractivity contribution < 1.29 is 4.79 Å². The molecule has 0 spiro atoms. The highest BCUT2D eigenvalue weighted by Crippen LogP contribution is 2.55. The fraction of sp³-hybridized carbons (Fsp3) is 0.346. The van der Waals surface area contributed by atoms with Crippen LogP contribution in [-0.2, 0) is 4.79 Å². The minimum absolute atomic E-state index is 0.0279. The van der Waals surface area contributed by atoms with Crippen molar-refractivity contribution in [3.05, 3.63) is 68.6 Å². The van der Waals surface area contributed by atoms with Crippen LogP contribution in [0.15, 0.2) is 46.9 Å². The zero-order chi connectivity index (χ0) is 23.6. The standard InChI is InChI=1S/C26H22ClN5OS/c27-16-4-1-3-15(11-16)21-17(12-28)24(30)32(19-5-2-6-20(33)23(19)21)25-18(13-29)22-14-7-9-31(10-8-14)26(22)34-25/h1,3-4,11,14,21H,2,5-10,30H2. The van der Waals surface area contributed by atoms with Crippen LogP contribution in [0.5, 0.6) is 0 Å². The number of carbonyl (C=O) groups is 1. The molecule has 2 bridgehead atoms. The van der Waals surface area contributed by atoms with Crippen molar-refractivity contribution in [1.82, 2.24) is 0 Å². The number of benzene rings is 1. The first-order chi connectivity index (χ1) is 16.5. The van der Waals surface area contributed by atoms with Gasteiger partial charge in [-0.15, -0.1) is 0 Å². The average molecular weight is 488 g/mol. The van der Waals surface area contributed by atoms with Gasteiger partial charge in [0.05, 0.1) is 28.1 Å². The molecule has 1 unspecified atom stereocenters. The summed E-state index contributed by atoms with van der Waals surface area (Å²) in [5.41, 5.74) is 11.0. The molecular formula is C26H22ClN5OS. The molecule has 1 aromatic carbocycles. The summed E-state index contributed by atoms with van der Waals surface area (Å²) in [4.78, 5) is 17.6. The van der Waals surface area contributed by atoms with E-state index in [4.69, 9.17) is 17.3 Å². The highest BCUT2D eigenvalue weighted by molar-refractivity contribution is 7.20. The number of allylic oxidation sites excluding steroid dienone is 3. The van der Waals surface area contributed by atoms with E-state index in [1.54, 1.807) is 23.5 Å². The van der Waals surface area contributed by atoms with Gasteiger partial charge in [0.2, 0.25) is 0 Å². The quantitative estimate of drug-likeness (QED) is 0.619.